The minimum Gasteiger partial charge on any atom is -0.480 e. The number of benzene rings is 1. The minimum absolute atomic E-state index is 0.0746. The van der Waals surface area contributed by atoms with Gasteiger partial charge < -0.3 is 5.11 Å². The van der Waals surface area contributed by atoms with E-state index in [9.17, 15) is 18.0 Å². The molecule has 1 aromatic carbocycles. The van der Waals surface area contributed by atoms with Gasteiger partial charge >= 0.3 is 5.97 Å². The summed E-state index contributed by atoms with van der Waals surface area (Å²) in [7, 11) is -3.93. The van der Waals surface area contributed by atoms with Crippen LogP contribution in [0.4, 0.5) is 0 Å². The van der Waals surface area contributed by atoms with Gasteiger partial charge in [0.2, 0.25) is 10.0 Å². The third kappa shape index (κ3) is 3.88. The van der Waals surface area contributed by atoms with Gasteiger partial charge in [0.25, 0.3) is 0 Å². The molecule has 0 aromatic heterocycles. The zero-order chi connectivity index (χ0) is 15.5. The summed E-state index contributed by atoms with van der Waals surface area (Å²) in [6.07, 6.45) is 0. The van der Waals surface area contributed by atoms with Crippen LogP contribution in [0.25, 0.3) is 0 Å². The van der Waals surface area contributed by atoms with E-state index < -0.39 is 28.0 Å². The molecular weight excluding hydrogens is 282 g/mol. The van der Waals surface area contributed by atoms with Gasteiger partial charge in [0.05, 0.1) is 4.90 Å². The number of hydrogen-bond donors (Lipinski definition) is 2. The number of carboxylic acids is 1. The zero-order valence-corrected chi connectivity index (χ0v) is 12.3. The number of Topliss-reactive ketones (excluding diaryl/α,β-unsaturated/α-hetero) is 1. The van der Waals surface area contributed by atoms with Crippen LogP contribution in [0.5, 0.6) is 0 Å². The SMILES string of the molecule is CC(=O)c1ccc(S(=O)(=O)NC(C(=O)O)C(C)C)cc1. The van der Waals surface area contributed by atoms with Crippen molar-refractivity contribution in [2.75, 3.05) is 0 Å². The molecule has 0 heterocycles. The first-order valence-electron chi connectivity index (χ1n) is 6.01. The Bertz CT molecular complexity index is 604. The molecule has 0 aliphatic carbocycles. The topological polar surface area (TPSA) is 101 Å². The Hall–Kier alpha value is -1.73. The van der Waals surface area contributed by atoms with Crippen LogP contribution in [0.1, 0.15) is 31.1 Å². The van der Waals surface area contributed by atoms with Crippen LogP contribution in [-0.4, -0.2) is 31.3 Å². The molecule has 0 spiro atoms. The Morgan fingerprint density at radius 3 is 2.00 bits per heavy atom. The van der Waals surface area contributed by atoms with E-state index in [0.29, 0.717) is 5.56 Å². The Balaban J connectivity index is 3.04. The largest absolute Gasteiger partial charge is 0.480 e. The number of ketones is 1. The monoisotopic (exact) mass is 299 g/mol. The second-order valence-corrected chi connectivity index (χ2v) is 6.48. The maximum atomic E-state index is 12.1. The minimum atomic E-state index is -3.93. The van der Waals surface area contributed by atoms with E-state index in [0.717, 1.165) is 0 Å². The molecule has 20 heavy (non-hydrogen) atoms. The molecule has 0 saturated heterocycles. The average molecular weight is 299 g/mol. The predicted molar refractivity (Wildman–Crippen MR) is 73.0 cm³/mol. The number of carbonyl (C=O) groups is 2. The Morgan fingerprint density at radius 1 is 1.15 bits per heavy atom. The van der Waals surface area contributed by atoms with Gasteiger partial charge in [-0.3, -0.25) is 9.59 Å². The molecule has 0 aliphatic rings. The lowest BCUT2D eigenvalue weighted by Crippen LogP contribution is -2.44. The van der Waals surface area contributed by atoms with Crippen molar-refractivity contribution in [2.45, 2.75) is 31.7 Å². The van der Waals surface area contributed by atoms with Crippen molar-refractivity contribution in [3.8, 4) is 0 Å². The molecule has 2 N–H and O–H groups in total. The molecule has 0 amide bonds. The number of nitrogens with one attached hydrogen (secondary N) is 1. The molecule has 7 heteroatoms. The molecule has 1 rings (SSSR count). The first kappa shape index (κ1) is 16.3. The van der Waals surface area contributed by atoms with Crippen LogP contribution in [-0.2, 0) is 14.8 Å². The van der Waals surface area contributed by atoms with Gasteiger partial charge in [-0.05, 0) is 25.0 Å². The summed E-state index contributed by atoms with van der Waals surface area (Å²) >= 11 is 0. The molecule has 1 aromatic rings. The van der Waals surface area contributed by atoms with Crippen molar-refractivity contribution in [1.82, 2.24) is 4.72 Å². The summed E-state index contributed by atoms with van der Waals surface area (Å²) in [5.41, 5.74) is 0.391. The molecule has 6 nitrogen and oxygen atoms in total. The van der Waals surface area contributed by atoms with Crippen LogP contribution >= 0.6 is 0 Å². The van der Waals surface area contributed by atoms with Gasteiger partial charge in [-0.1, -0.05) is 26.0 Å². The molecule has 0 radical (unpaired) electrons. The van der Waals surface area contributed by atoms with E-state index >= 15 is 0 Å². The van der Waals surface area contributed by atoms with Crippen LogP contribution in [0.15, 0.2) is 29.2 Å². The fourth-order valence-corrected chi connectivity index (χ4v) is 2.91. The van der Waals surface area contributed by atoms with E-state index in [4.69, 9.17) is 5.11 Å². The molecule has 0 fully saturated rings. The van der Waals surface area contributed by atoms with Crippen molar-refractivity contribution in [3.05, 3.63) is 29.8 Å². The van der Waals surface area contributed by atoms with Crippen LogP contribution in [0.3, 0.4) is 0 Å². The van der Waals surface area contributed by atoms with E-state index in [2.05, 4.69) is 4.72 Å². The maximum Gasteiger partial charge on any atom is 0.322 e. The van der Waals surface area contributed by atoms with Gasteiger partial charge in [-0.15, -0.1) is 0 Å². The number of carbonyl (C=O) groups excluding carboxylic acids is 1. The van der Waals surface area contributed by atoms with Gasteiger partial charge in [0.1, 0.15) is 6.04 Å². The number of rotatable bonds is 6. The summed E-state index contributed by atoms with van der Waals surface area (Å²) in [6, 6.07) is 4.13. The van der Waals surface area contributed by atoms with Crippen molar-refractivity contribution in [1.29, 1.82) is 0 Å². The Labute approximate surface area is 117 Å². The number of carboxylic acid groups (broad SMARTS) is 1. The summed E-state index contributed by atoms with van der Waals surface area (Å²) < 4.78 is 26.3. The Kier molecular flexibility index (Phi) is 5.02. The standard InChI is InChI=1S/C13H17NO5S/c1-8(2)12(13(16)17)14-20(18,19)11-6-4-10(5-7-11)9(3)15/h4-8,12,14H,1-3H3,(H,16,17). The number of sulfonamides is 1. The van der Waals surface area contributed by atoms with Crippen LogP contribution in [0, 0.1) is 5.92 Å². The lowest BCUT2D eigenvalue weighted by molar-refractivity contribution is -0.140. The molecule has 0 aliphatic heterocycles. The van der Waals surface area contributed by atoms with E-state index in [1.54, 1.807) is 13.8 Å². The highest BCUT2D eigenvalue weighted by Gasteiger charge is 2.27. The zero-order valence-electron chi connectivity index (χ0n) is 11.5. The number of aliphatic carboxylic acids is 1. The lowest BCUT2D eigenvalue weighted by atomic mass is 10.1. The van der Waals surface area contributed by atoms with Crippen molar-refractivity contribution < 1.29 is 23.1 Å². The maximum absolute atomic E-state index is 12.1. The fraction of sp³-hybridized carbons (Fsp3) is 0.385. The molecule has 0 saturated carbocycles. The van der Waals surface area contributed by atoms with Gasteiger partial charge in [0, 0.05) is 5.56 Å². The van der Waals surface area contributed by atoms with Crippen molar-refractivity contribution in [2.24, 2.45) is 5.92 Å². The highest BCUT2D eigenvalue weighted by atomic mass is 32.2. The summed E-state index contributed by atoms with van der Waals surface area (Å²) in [5, 5.41) is 9.00. The highest BCUT2D eigenvalue weighted by Crippen LogP contribution is 2.13. The fourth-order valence-electron chi connectivity index (χ4n) is 1.58. The Morgan fingerprint density at radius 2 is 1.65 bits per heavy atom. The smallest absolute Gasteiger partial charge is 0.322 e. The highest BCUT2D eigenvalue weighted by molar-refractivity contribution is 7.89. The third-order valence-electron chi connectivity index (χ3n) is 2.79. The van der Waals surface area contributed by atoms with Gasteiger partial charge in [-0.2, -0.15) is 4.72 Å². The van der Waals surface area contributed by atoms with Crippen molar-refractivity contribution in [3.63, 3.8) is 0 Å². The lowest BCUT2D eigenvalue weighted by Gasteiger charge is -2.18. The van der Waals surface area contributed by atoms with Crippen LogP contribution < -0.4 is 4.72 Å². The first-order chi connectivity index (χ1) is 9.15. The van der Waals surface area contributed by atoms with E-state index in [1.807, 2.05) is 0 Å². The second kappa shape index (κ2) is 6.15. The summed E-state index contributed by atoms with van der Waals surface area (Å²) in [5.74, 6) is -1.80. The molecule has 0 bridgehead atoms. The predicted octanol–water partition coefficient (Wildman–Crippen LogP) is 1.28. The van der Waals surface area contributed by atoms with Crippen LogP contribution in [0.2, 0.25) is 0 Å². The van der Waals surface area contributed by atoms with E-state index in [-0.39, 0.29) is 10.7 Å². The normalized spacial score (nSPS) is 13.2. The van der Waals surface area contributed by atoms with E-state index in [1.165, 1.54) is 31.2 Å². The molecule has 110 valence electrons. The number of hydrogen-bond acceptors (Lipinski definition) is 4. The second-order valence-electron chi connectivity index (χ2n) is 4.76. The van der Waals surface area contributed by atoms with Gasteiger partial charge in [0.15, 0.2) is 5.78 Å². The van der Waals surface area contributed by atoms with Crippen molar-refractivity contribution >= 4 is 21.8 Å². The molecule has 1 unspecified atom stereocenters. The average Bonchev–Trinajstić information content (AvgIpc) is 2.35. The molecular formula is C13H17NO5S. The molecule has 1 atom stereocenters. The quantitative estimate of drug-likeness (QED) is 0.771. The summed E-state index contributed by atoms with van der Waals surface area (Å²) in [4.78, 5) is 22.1. The summed E-state index contributed by atoms with van der Waals surface area (Å²) in [6.45, 7) is 4.60. The van der Waals surface area contributed by atoms with Gasteiger partial charge in [-0.25, -0.2) is 8.42 Å². The third-order valence-corrected chi connectivity index (χ3v) is 4.24. The first-order valence-corrected chi connectivity index (χ1v) is 7.49.